The maximum Gasteiger partial charge on any atom is 0.276 e. The second kappa shape index (κ2) is 6.91. The van der Waals surface area contributed by atoms with Crippen molar-refractivity contribution < 1.29 is 17.6 Å². The Labute approximate surface area is 126 Å². The molecule has 0 radical (unpaired) electrons. The van der Waals surface area contributed by atoms with Crippen molar-refractivity contribution >= 4 is 10.0 Å². The Morgan fingerprint density at radius 1 is 1.43 bits per heavy atom. The molecule has 1 fully saturated rings. The summed E-state index contributed by atoms with van der Waals surface area (Å²) in [4.78, 5) is 0. The SMILES string of the molecule is CCC1COCCN1S(=O)(=O)c1ccc(CNC(C)C)o1. The van der Waals surface area contributed by atoms with Crippen molar-refractivity contribution in [2.45, 2.75) is 50.9 Å². The zero-order valence-electron chi connectivity index (χ0n) is 12.8. The maximum absolute atomic E-state index is 12.7. The summed E-state index contributed by atoms with van der Waals surface area (Å²) in [6.07, 6.45) is 0.724. The van der Waals surface area contributed by atoms with Crippen LogP contribution in [0.5, 0.6) is 0 Å². The summed E-state index contributed by atoms with van der Waals surface area (Å²) < 4.78 is 37.7. The van der Waals surface area contributed by atoms with Crippen LogP contribution in [0.4, 0.5) is 0 Å². The van der Waals surface area contributed by atoms with Gasteiger partial charge in [0.1, 0.15) is 5.76 Å². The molecule has 1 aliphatic rings. The van der Waals surface area contributed by atoms with Gasteiger partial charge < -0.3 is 14.5 Å². The zero-order chi connectivity index (χ0) is 15.5. The first-order valence-electron chi connectivity index (χ1n) is 7.36. The third kappa shape index (κ3) is 3.85. The molecule has 1 saturated heterocycles. The van der Waals surface area contributed by atoms with Crippen LogP contribution in [0.3, 0.4) is 0 Å². The monoisotopic (exact) mass is 316 g/mol. The van der Waals surface area contributed by atoms with E-state index in [1.807, 2.05) is 20.8 Å². The third-order valence-electron chi connectivity index (χ3n) is 3.53. The number of morpholine rings is 1. The summed E-state index contributed by atoms with van der Waals surface area (Å²) in [6.45, 7) is 7.79. The molecule has 1 aromatic rings. The summed E-state index contributed by atoms with van der Waals surface area (Å²) in [6, 6.07) is 3.45. The number of hydrogen-bond acceptors (Lipinski definition) is 5. The van der Waals surface area contributed by atoms with Gasteiger partial charge in [-0.3, -0.25) is 0 Å². The molecule has 1 aromatic heterocycles. The maximum atomic E-state index is 12.7. The van der Waals surface area contributed by atoms with E-state index in [-0.39, 0.29) is 11.1 Å². The van der Waals surface area contributed by atoms with Crippen LogP contribution in [0, 0.1) is 0 Å². The fourth-order valence-electron chi connectivity index (χ4n) is 2.29. The van der Waals surface area contributed by atoms with Gasteiger partial charge >= 0.3 is 0 Å². The lowest BCUT2D eigenvalue weighted by molar-refractivity contribution is 0.0307. The molecule has 0 bridgehead atoms. The van der Waals surface area contributed by atoms with Gasteiger partial charge in [0.2, 0.25) is 5.09 Å². The Morgan fingerprint density at radius 2 is 2.19 bits per heavy atom. The second-order valence-electron chi connectivity index (χ2n) is 5.51. The van der Waals surface area contributed by atoms with Gasteiger partial charge in [-0.1, -0.05) is 20.8 Å². The van der Waals surface area contributed by atoms with E-state index in [0.29, 0.717) is 38.1 Å². The van der Waals surface area contributed by atoms with Gasteiger partial charge in [-0.15, -0.1) is 0 Å². The van der Waals surface area contributed by atoms with Crippen LogP contribution in [0.2, 0.25) is 0 Å². The molecule has 6 nitrogen and oxygen atoms in total. The topological polar surface area (TPSA) is 71.8 Å². The summed E-state index contributed by atoms with van der Waals surface area (Å²) in [5.74, 6) is 0.628. The van der Waals surface area contributed by atoms with Crippen molar-refractivity contribution in [3.8, 4) is 0 Å². The van der Waals surface area contributed by atoms with Crippen LogP contribution in [0.1, 0.15) is 33.0 Å². The number of sulfonamides is 1. The number of hydrogen-bond donors (Lipinski definition) is 1. The quantitative estimate of drug-likeness (QED) is 0.862. The Kier molecular flexibility index (Phi) is 5.43. The van der Waals surface area contributed by atoms with Gasteiger partial charge in [-0.25, -0.2) is 8.42 Å². The molecule has 0 aromatic carbocycles. The average molecular weight is 316 g/mol. The zero-order valence-corrected chi connectivity index (χ0v) is 13.6. The van der Waals surface area contributed by atoms with Crippen molar-refractivity contribution in [3.05, 3.63) is 17.9 Å². The number of nitrogens with zero attached hydrogens (tertiary/aromatic N) is 1. The van der Waals surface area contributed by atoms with Gasteiger partial charge in [0, 0.05) is 18.6 Å². The lowest BCUT2D eigenvalue weighted by Gasteiger charge is -2.33. The highest BCUT2D eigenvalue weighted by Crippen LogP contribution is 2.23. The molecule has 7 heteroatoms. The van der Waals surface area contributed by atoms with Crippen LogP contribution in [-0.2, 0) is 21.3 Å². The normalized spacial score (nSPS) is 21.0. The van der Waals surface area contributed by atoms with Gasteiger partial charge in [-0.2, -0.15) is 4.31 Å². The van der Waals surface area contributed by atoms with Crippen LogP contribution >= 0.6 is 0 Å². The predicted octanol–water partition coefficient (Wildman–Crippen LogP) is 1.58. The summed E-state index contributed by atoms with van der Waals surface area (Å²) in [5, 5.41) is 3.22. The Balaban J connectivity index is 2.15. The van der Waals surface area contributed by atoms with E-state index in [2.05, 4.69) is 5.32 Å². The standard InChI is InChI=1S/C14H24N2O4S/c1-4-12-10-19-8-7-16(12)21(17,18)14-6-5-13(20-14)9-15-11(2)3/h5-6,11-12,15H,4,7-10H2,1-3H3. The number of rotatable bonds is 6. The molecule has 0 saturated carbocycles. The smallest absolute Gasteiger partial charge is 0.276 e. The van der Waals surface area contributed by atoms with Crippen molar-refractivity contribution in [2.75, 3.05) is 19.8 Å². The molecule has 0 aliphatic carbocycles. The third-order valence-corrected chi connectivity index (χ3v) is 5.36. The van der Waals surface area contributed by atoms with E-state index in [4.69, 9.17) is 9.15 Å². The van der Waals surface area contributed by atoms with Gasteiger partial charge in [0.05, 0.1) is 19.8 Å². The molecule has 1 aliphatic heterocycles. The number of ether oxygens (including phenoxy) is 1. The van der Waals surface area contributed by atoms with E-state index in [9.17, 15) is 8.42 Å². The van der Waals surface area contributed by atoms with E-state index in [1.165, 1.54) is 10.4 Å². The molecule has 2 rings (SSSR count). The first-order chi connectivity index (χ1) is 9.95. The van der Waals surface area contributed by atoms with Gasteiger partial charge in [0.25, 0.3) is 10.0 Å². The summed E-state index contributed by atoms with van der Waals surface area (Å²) >= 11 is 0. The summed E-state index contributed by atoms with van der Waals surface area (Å²) in [7, 11) is -3.58. The average Bonchev–Trinajstić information content (AvgIpc) is 2.94. The van der Waals surface area contributed by atoms with Crippen molar-refractivity contribution in [2.24, 2.45) is 0 Å². The minimum Gasteiger partial charge on any atom is -0.447 e. The first kappa shape index (κ1) is 16.5. The molecule has 1 unspecified atom stereocenters. The van der Waals surface area contributed by atoms with Crippen LogP contribution in [0.25, 0.3) is 0 Å². The van der Waals surface area contributed by atoms with E-state index in [0.717, 1.165) is 6.42 Å². The molecule has 1 N–H and O–H groups in total. The van der Waals surface area contributed by atoms with E-state index < -0.39 is 10.0 Å². The Bertz CT molecular complexity index is 553. The Morgan fingerprint density at radius 3 is 2.86 bits per heavy atom. The van der Waals surface area contributed by atoms with Gasteiger partial charge in [-0.05, 0) is 18.6 Å². The molecular weight excluding hydrogens is 292 g/mol. The van der Waals surface area contributed by atoms with Crippen LogP contribution in [-0.4, -0.2) is 44.6 Å². The van der Waals surface area contributed by atoms with Gasteiger partial charge in [0.15, 0.2) is 0 Å². The first-order valence-corrected chi connectivity index (χ1v) is 8.80. The van der Waals surface area contributed by atoms with E-state index in [1.54, 1.807) is 6.07 Å². The highest BCUT2D eigenvalue weighted by molar-refractivity contribution is 7.89. The predicted molar refractivity (Wildman–Crippen MR) is 79.5 cm³/mol. The van der Waals surface area contributed by atoms with Crippen molar-refractivity contribution in [3.63, 3.8) is 0 Å². The highest BCUT2D eigenvalue weighted by Gasteiger charge is 2.35. The molecule has 0 spiro atoms. The molecular formula is C14H24N2O4S. The largest absolute Gasteiger partial charge is 0.447 e. The fourth-order valence-corrected chi connectivity index (χ4v) is 3.89. The van der Waals surface area contributed by atoms with Crippen molar-refractivity contribution in [1.82, 2.24) is 9.62 Å². The summed E-state index contributed by atoms with van der Waals surface area (Å²) in [5.41, 5.74) is 0. The lowest BCUT2D eigenvalue weighted by Crippen LogP contribution is -2.48. The number of furan rings is 1. The number of nitrogens with one attached hydrogen (secondary N) is 1. The highest BCUT2D eigenvalue weighted by atomic mass is 32.2. The second-order valence-corrected chi connectivity index (χ2v) is 7.33. The van der Waals surface area contributed by atoms with E-state index >= 15 is 0 Å². The molecule has 2 heterocycles. The minimum absolute atomic E-state index is 0.0170. The molecule has 1 atom stereocenters. The lowest BCUT2D eigenvalue weighted by atomic mass is 10.2. The Hall–Kier alpha value is -0.890. The fraction of sp³-hybridized carbons (Fsp3) is 0.714. The molecule has 0 amide bonds. The van der Waals surface area contributed by atoms with Crippen molar-refractivity contribution in [1.29, 1.82) is 0 Å². The van der Waals surface area contributed by atoms with Crippen LogP contribution < -0.4 is 5.32 Å². The minimum atomic E-state index is -3.58. The van der Waals surface area contributed by atoms with Crippen LogP contribution in [0.15, 0.2) is 21.6 Å². The molecule has 21 heavy (non-hydrogen) atoms. The molecule has 120 valence electrons.